The van der Waals surface area contributed by atoms with Gasteiger partial charge in [-0.2, -0.15) is 0 Å². The molecule has 14 heteroatoms. The highest BCUT2D eigenvalue weighted by atomic mass is 79.9. The van der Waals surface area contributed by atoms with E-state index in [1.54, 1.807) is 56.3 Å². The number of fused-ring (bicyclic) bond motifs is 1. The maximum atomic E-state index is 14.3. The summed E-state index contributed by atoms with van der Waals surface area (Å²) < 4.78 is 36.2. The quantitative estimate of drug-likeness (QED) is 0.138. The number of hydrogen-bond acceptors (Lipinski definition) is 11. The minimum atomic E-state index is -0.898. The topological polar surface area (TPSA) is 124 Å². The van der Waals surface area contributed by atoms with Crippen LogP contribution in [0.3, 0.4) is 0 Å². The average Bonchev–Trinajstić information content (AvgIpc) is 3.41. The van der Waals surface area contributed by atoms with Gasteiger partial charge in [-0.15, -0.1) is 0 Å². The lowest BCUT2D eigenvalue weighted by Gasteiger charge is -2.25. The molecule has 0 amide bonds. The van der Waals surface area contributed by atoms with Gasteiger partial charge in [-0.25, -0.2) is 14.6 Å². The fraction of sp³-hybridized carbons (Fsp3) is 0.297. The van der Waals surface area contributed by atoms with Gasteiger partial charge in [0.1, 0.15) is 6.61 Å². The second kappa shape index (κ2) is 17.1. The molecular formula is C37H36BrClN2O9S. The average molecular weight is 800 g/mol. The van der Waals surface area contributed by atoms with Gasteiger partial charge in [0, 0.05) is 5.02 Å². The molecule has 0 saturated heterocycles. The summed E-state index contributed by atoms with van der Waals surface area (Å²) in [7, 11) is 1.27. The van der Waals surface area contributed by atoms with Crippen LogP contribution in [0.4, 0.5) is 0 Å². The van der Waals surface area contributed by atoms with Crippen LogP contribution in [-0.2, 0) is 25.7 Å². The van der Waals surface area contributed by atoms with Crippen molar-refractivity contribution >= 4 is 56.9 Å². The molecule has 0 bridgehead atoms. The number of nitrogens with zero attached hydrogens (tertiary/aromatic N) is 2. The molecule has 3 aromatic carbocycles. The zero-order chi connectivity index (χ0) is 36.7. The van der Waals surface area contributed by atoms with Crippen molar-refractivity contribution in [1.29, 1.82) is 0 Å². The van der Waals surface area contributed by atoms with E-state index in [0.717, 1.165) is 5.56 Å². The van der Waals surface area contributed by atoms with E-state index in [4.69, 9.17) is 40.0 Å². The predicted molar refractivity (Wildman–Crippen MR) is 197 cm³/mol. The van der Waals surface area contributed by atoms with E-state index in [1.807, 2.05) is 32.0 Å². The molecule has 1 aliphatic rings. The van der Waals surface area contributed by atoms with Gasteiger partial charge in [-0.1, -0.05) is 41.1 Å². The van der Waals surface area contributed by atoms with E-state index in [9.17, 15) is 14.4 Å². The molecule has 1 aromatic heterocycles. The van der Waals surface area contributed by atoms with Crippen molar-refractivity contribution in [3.8, 4) is 23.0 Å². The van der Waals surface area contributed by atoms with Crippen LogP contribution in [0, 0.1) is 0 Å². The summed E-state index contributed by atoms with van der Waals surface area (Å²) in [6, 6.07) is 15.1. The highest BCUT2D eigenvalue weighted by molar-refractivity contribution is 9.10. The Morgan fingerprint density at radius 3 is 2.35 bits per heavy atom. The Hall–Kier alpha value is -4.59. The molecule has 0 fully saturated rings. The molecule has 1 atom stereocenters. The molecule has 2 heterocycles. The lowest BCUT2D eigenvalue weighted by molar-refractivity contribution is -0.143. The van der Waals surface area contributed by atoms with Crippen molar-refractivity contribution < 1.29 is 38.0 Å². The smallest absolute Gasteiger partial charge is 0.343 e. The first kappa shape index (κ1) is 37.7. The van der Waals surface area contributed by atoms with Gasteiger partial charge in [-0.3, -0.25) is 9.36 Å². The lowest BCUT2D eigenvalue weighted by atomic mass is 9.95. The van der Waals surface area contributed by atoms with E-state index in [-0.39, 0.29) is 24.3 Å². The third-order valence-electron chi connectivity index (χ3n) is 7.60. The first-order valence-corrected chi connectivity index (χ1v) is 18.1. The molecule has 0 aliphatic carbocycles. The summed E-state index contributed by atoms with van der Waals surface area (Å²) in [6.07, 6.45) is 1.75. The maximum absolute atomic E-state index is 14.3. The molecule has 0 spiro atoms. The standard InChI is InChI=1S/C37H36BrClN2O9S/c1-6-46-28-18-24(11-14-27(28)49-20-31(42)45-5)33-32(36(44)48-8-3)21(4)40-37-41(33)35(43)30(51-37)17-23-15-26(38)34(29(16-23)47-7-2)50-19-22-9-12-25(39)13-10-22/h9-18,33H,6-8,19-20H2,1-5H3/b30-17+/t33-/m0/s1. The van der Waals surface area contributed by atoms with Crippen LogP contribution in [0.1, 0.15) is 50.4 Å². The summed E-state index contributed by atoms with van der Waals surface area (Å²) in [6.45, 7) is 7.89. The summed E-state index contributed by atoms with van der Waals surface area (Å²) in [5.41, 5.74) is 2.43. The van der Waals surface area contributed by atoms with Gasteiger partial charge < -0.3 is 28.4 Å². The summed E-state index contributed by atoms with van der Waals surface area (Å²) in [4.78, 5) is 44.5. The summed E-state index contributed by atoms with van der Waals surface area (Å²) in [5, 5.41) is 0.637. The fourth-order valence-corrected chi connectivity index (χ4v) is 7.09. The van der Waals surface area contributed by atoms with Gasteiger partial charge in [-0.05, 0) is 103 Å². The van der Waals surface area contributed by atoms with Crippen LogP contribution in [0.15, 0.2) is 80.1 Å². The molecule has 268 valence electrons. The van der Waals surface area contributed by atoms with E-state index in [1.165, 1.54) is 23.0 Å². The largest absolute Gasteiger partial charge is 0.490 e. The van der Waals surface area contributed by atoms with Crippen molar-refractivity contribution in [3.63, 3.8) is 0 Å². The van der Waals surface area contributed by atoms with Crippen molar-refractivity contribution in [1.82, 2.24) is 4.57 Å². The number of allylic oxidation sites excluding steroid dienone is 1. The SMILES string of the molecule is CCOC(=O)C1=C(C)N=c2s/c(=C/c3cc(Br)c(OCc4ccc(Cl)cc4)c(OCC)c3)c(=O)n2[C@H]1c1ccc(OCC(=O)OC)c(OCC)c1. The van der Waals surface area contributed by atoms with Gasteiger partial charge in [0.05, 0.1) is 53.2 Å². The number of thiazole rings is 1. The van der Waals surface area contributed by atoms with Crippen molar-refractivity contribution in [3.05, 3.63) is 112 Å². The van der Waals surface area contributed by atoms with Crippen molar-refractivity contribution in [2.24, 2.45) is 4.99 Å². The Morgan fingerprint density at radius 1 is 0.941 bits per heavy atom. The Kier molecular flexibility index (Phi) is 12.6. The van der Waals surface area contributed by atoms with Gasteiger partial charge in [0.2, 0.25) is 0 Å². The third-order valence-corrected chi connectivity index (χ3v) is 9.42. The number of aromatic nitrogens is 1. The van der Waals surface area contributed by atoms with Gasteiger partial charge in [0.25, 0.3) is 5.56 Å². The Labute approximate surface area is 311 Å². The van der Waals surface area contributed by atoms with Crippen LogP contribution in [0.2, 0.25) is 5.02 Å². The molecule has 1 aliphatic heterocycles. The molecule has 0 unspecified atom stereocenters. The zero-order valence-corrected chi connectivity index (χ0v) is 31.8. The Balaban J connectivity index is 1.59. The normalized spacial score (nSPS) is 14.0. The van der Waals surface area contributed by atoms with Crippen LogP contribution < -0.4 is 33.8 Å². The Bertz CT molecular complexity index is 2140. The minimum Gasteiger partial charge on any atom is -0.490 e. The molecule has 0 N–H and O–H groups in total. The van der Waals surface area contributed by atoms with E-state index >= 15 is 0 Å². The van der Waals surface area contributed by atoms with Crippen LogP contribution in [0.25, 0.3) is 6.08 Å². The molecule has 11 nitrogen and oxygen atoms in total. The highest BCUT2D eigenvalue weighted by Gasteiger charge is 2.34. The van der Waals surface area contributed by atoms with E-state index in [2.05, 4.69) is 20.9 Å². The monoisotopic (exact) mass is 798 g/mol. The van der Waals surface area contributed by atoms with E-state index in [0.29, 0.717) is 78.5 Å². The van der Waals surface area contributed by atoms with Crippen molar-refractivity contribution in [2.75, 3.05) is 33.5 Å². The van der Waals surface area contributed by atoms with Crippen LogP contribution in [0.5, 0.6) is 23.0 Å². The second-order valence-electron chi connectivity index (χ2n) is 11.0. The van der Waals surface area contributed by atoms with Crippen LogP contribution >= 0.6 is 38.9 Å². The number of ether oxygens (including phenoxy) is 6. The van der Waals surface area contributed by atoms with Crippen LogP contribution in [-0.4, -0.2) is 50.0 Å². The minimum absolute atomic E-state index is 0.133. The molecule has 5 rings (SSSR count). The summed E-state index contributed by atoms with van der Waals surface area (Å²) in [5.74, 6) is 0.484. The highest BCUT2D eigenvalue weighted by Crippen LogP contribution is 2.39. The summed E-state index contributed by atoms with van der Waals surface area (Å²) >= 11 is 10.8. The van der Waals surface area contributed by atoms with E-state index < -0.39 is 18.0 Å². The zero-order valence-electron chi connectivity index (χ0n) is 28.6. The molecule has 0 saturated carbocycles. The van der Waals surface area contributed by atoms with Gasteiger partial charge in [0.15, 0.2) is 34.4 Å². The predicted octanol–water partition coefficient (Wildman–Crippen LogP) is 6.14. The number of methoxy groups -OCH3 is 1. The number of esters is 2. The molecule has 51 heavy (non-hydrogen) atoms. The molecule has 4 aromatic rings. The lowest BCUT2D eigenvalue weighted by Crippen LogP contribution is -2.40. The first-order valence-electron chi connectivity index (χ1n) is 16.1. The third kappa shape index (κ3) is 8.66. The first-order chi connectivity index (χ1) is 24.6. The fourth-order valence-electron chi connectivity index (χ4n) is 5.35. The number of carbonyl (C=O) groups excluding carboxylic acids is 2. The number of hydrogen-bond donors (Lipinski definition) is 0. The number of rotatable bonds is 14. The number of halogens is 2. The second-order valence-corrected chi connectivity index (χ2v) is 13.3. The Morgan fingerprint density at radius 2 is 1.67 bits per heavy atom. The van der Waals surface area contributed by atoms with Crippen molar-refractivity contribution in [2.45, 2.75) is 40.3 Å². The van der Waals surface area contributed by atoms with Gasteiger partial charge >= 0.3 is 11.9 Å². The molecular weight excluding hydrogens is 764 g/mol. The number of carbonyl (C=O) groups is 2. The maximum Gasteiger partial charge on any atom is 0.343 e. The molecule has 0 radical (unpaired) electrons. The number of benzene rings is 3.